The van der Waals surface area contributed by atoms with E-state index in [0.717, 1.165) is 6.42 Å². The molecule has 9 nitrogen and oxygen atoms in total. The summed E-state index contributed by atoms with van der Waals surface area (Å²) in [6.45, 7) is 3.47. The molecule has 11 heteroatoms. The molecule has 2 aromatic carbocycles. The molecule has 0 radical (unpaired) electrons. The minimum Gasteiger partial charge on any atom is -0.497 e. The molecule has 0 bridgehead atoms. The largest absolute Gasteiger partial charge is 0.497 e. The van der Waals surface area contributed by atoms with Crippen molar-refractivity contribution < 1.29 is 28.9 Å². The van der Waals surface area contributed by atoms with Crippen LogP contribution in [0.1, 0.15) is 43.9 Å². The van der Waals surface area contributed by atoms with E-state index in [1.807, 2.05) is 25.1 Å². The molecule has 1 aromatic heterocycles. The van der Waals surface area contributed by atoms with Crippen molar-refractivity contribution in [3.63, 3.8) is 0 Å². The summed E-state index contributed by atoms with van der Waals surface area (Å²) in [6, 6.07) is 11.6. The van der Waals surface area contributed by atoms with Gasteiger partial charge in [0, 0.05) is 0 Å². The van der Waals surface area contributed by atoms with Gasteiger partial charge in [-0.25, -0.2) is 14.6 Å². The van der Waals surface area contributed by atoms with E-state index in [2.05, 4.69) is 15.9 Å². The van der Waals surface area contributed by atoms with Gasteiger partial charge in [0.15, 0.2) is 11.4 Å². The Morgan fingerprint density at radius 3 is 2.67 bits per heavy atom. The van der Waals surface area contributed by atoms with Crippen LogP contribution in [0.4, 0.5) is 0 Å². The first-order valence-corrected chi connectivity index (χ1v) is 13.9. The molecule has 0 fully saturated rings. The van der Waals surface area contributed by atoms with Gasteiger partial charge in [0.25, 0.3) is 5.56 Å². The Morgan fingerprint density at radius 2 is 2.00 bits per heavy atom. The number of carboxylic acid groups (broad SMARTS) is 1. The number of ether oxygens (including phenoxy) is 3. The van der Waals surface area contributed by atoms with Crippen LogP contribution in [0.5, 0.6) is 11.5 Å². The second-order valence-electron chi connectivity index (χ2n) is 8.56. The standard InChI is InChI=1S/C28H27BrN2O7S/c1-4-7-20-24(27(35)37-5-2)25(17-8-6-9-18(14-17)36-3)31-26(34)22(39-28(31)30-20)13-16-10-11-21(19(29)12-16)38-15-23(32)33/h6,8-14,25H,4-5,7,15H2,1-3H3,(H,32,33)/b22-13+/t25-/m1/s1. The number of hydrogen-bond acceptors (Lipinski definition) is 8. The number of carbonyl (C=O) groups excluding carboxylic acids is 1. The average Bonchev–Trinajstić information content (AvgIpc) is 3.21. The lowest BCUT2D eigenvalue weighted by atomic mass is 9.94. The highest BCUT2D eigenvalue weighted by Crippen LogP contribution is 2.34. The van der Waals surface area contributed by atoms with Gasteiger partial charge in [-0.05, 0) is 70.7 Å². The highest BCUT2D eigenvalue weighted by molar-refractivity contribution is 9.10. The van der Waals surface area contributed by atoms with Crippen LogP contribution >= 0.6 is 27.3 Å². The van der Waals surface area contributed by atoms with Crippen molar-refractivity contribution >= 4 is 45.3 Å². The molecule has 1 atom stereocenters. The number of esters is 1. The van der Waals surface area contributed by atoms with Crippen molar-refractivity contribution in [2.45, 2.75) is 32.7 Å². The van der Waals surface area contributed by atoms with Crippen LogP contribution < -0.4 is 24.4 Å². The fourth-order valence-corrected chi connectivity index (χ4v) is 5.79. The quantitative estimate of drug-likeness (QED) is 0.345. The third kappa shape index (κ3) is 6.15. The average molecular weight is 616 g/mol. The van der Waals surface area contributed by atoms with E-state index in [1.54, 1.807) is 44.4 Å². The maximum Gasteiger partial charge on any atom is 0.341 e. The zero-order valence-electron chi connectivity index (χ0n) is 21.6. The van der Waals surface area contributed by atoms with E-state index in [-0.39, 0.29) is 12.2 Å². The van der Waals surface area contributed by atoms with Crippen LogP contribution in [0, 0.1) is 0 Å². The number of nitrogens with zero attached hydrogens (tertiary/aromatic N) is 2. The van der Waals surface area contributed by atoms with Crippen LogP contribution in [0.25, 0.3) is 6.08 Å². The number of carbonyl (C=O) groups is 2. The smallest absolute Gasteiger partial charge is 0.341 e. The van der Waals surface area contributed by atoms with E-state index >= 15 is 0 Å². The van der Waals surface area contributed by atoms with Gasteiger partial charge in [0.1, 0.15) is 11.5 Å². The Bertz CT molecular complexity index is 1620. The first kappa shape index (κ1) is 28.3. The molecule has 204 valence electrons. The summed E-state index contributed by atoms with van der Waals surface area (Å²) >= 11 is 4.63. The third-order valence-corrected chi connectivity index (χ3v) is 7.51. The minimum absolute atomic E-state index is 0.193. The number of carboxylic acids is 1. The van der Waals surface area contributed by atoms with E-state index in [9.17, 15) is 14.4 Å². The lowest BCUT2D eigenvalue weighted by Gasteiger charge is -2.26. The summed E-state index contributed by atoms with van der Waals surface area (Å²) in [5.74, 6) is -0.616. The first-order chi connectivity index (χ1) is 18.8. The fourth-order valence-electron chi connectivity index (χ4n) is 4.26. The summed E-state index contributed by atoms with van der Waals surface area (Å²) in [5.41, 5.74) is 2.04. The predicted molar refractivity (Wildman–Crippen MR) is 150 cm³/mol. The van der Waals surface area contributed by atoms with Gasteiger partial charge < -0.3 is 19.3 Å². The number of rotatable bonds is 10. The van der Waals surface area contributed by atoms with Crippen LogP contribution in [0.3, 0.4) is 0 Å². The number of allylic oxidation sites excluding steroid dienone is 1. The number of aromatic nitrogens is 1. The molecule has 0 spiro atoms. The molecule has 0 unspecified atom stereocenters. The Morgan fingerprint density at radius 1 is 1.21 bits per heavy atom. The third-order valence-electron chi connectivity index (χ3n) is 5.91. The summed E-state index contributed by atoms with van der Waals surface area (Å²) < 4.78 is 18.6. The van der Waals surface area contributed by atoms with Crippen molar-refractivity contribution in [3.05, 3.63) is 89.0 Å². The molecular formula is C28H27BrN2O7S. The number of methoxy groups -OCH3 is 1. The summed E-state index contributed by atoms with van der Waals surface area (Å²) in [7, 11) is 1.56. The molecule has 1 N–H and O–H groups in total. The van der Waals surface area contributed by atoms with Gasteiger partial charge in [-0.2, -0.15) is 0 Å². The van der Waals surface area contributed by atoms with Crippen molar-refractivity contribution in [3.8, 4) is 11.5 Å². The van der Waals surface area contributed by atoms with Gasteiger partial charge in [-0.15, -0.1) is 0 Å². The zero-order chi connectivity index (χ0) is 28.1. The van der Waals surface area contributed by atoms with E-state index in [1.165, 1.54) is 15.9 Å². The molecule has 3 aromatic rings. The zero-order valence-corrected chi connectivity index (χ0v) is 24.0. The number of halogens is 1. The van der Waals surface area contributed by atoms with Gasteiger partial charge in [-0.3, -0.25) is 9.36 Å². The molecular weight excluding hydrogens is 588 g/mol. The van der Waals surface area contributed by atoms with Crippen LogP contribution in [0.15, 0.2) is 68.0 Å². The Balaban J connectivity index is 1.90. The molecule has 0 saturated heterocycles. The topological polar surface area (TPSA) is 116 Å². The first-order valence-electron chi connectivity index (χ1n) is 12.3. The number of benzene rings is 2. The number of hydrogen-bond donors (Lipinski definition) is 1. The molecule has 2 heterocycles. The number of fused-ring (bicyclic) bond motifs is 1. The fraction of sp³-hybridized carbons (Fsp3) is 0.286. The molecule has 1 aliphatic rings. The van der Waals surface area contributed by atoms with Gasteiger partial charge >= 0.3 is 11.9 Å². The normalized spacial score (nSPS) is 15.0. The van der Waals surface area contributed by atoms with Crippen molar-refractivity contribution in [2.24, 2.45) is 4.99 Å². The molecule has 0 amide bonds. The molecule has 39 heavy (non-hydrogen) atoms. The van der Waals surface area contributed by atoms with Crippen LogP contribution in [-0.4, -0.2) is 41.9 Å². The molecule has 0 aliphatic carbocycles. The Labute approximate surface area is 236 Å². The van der Waals surface area contributed by atoms with Crippen LogP contribution in [-0.2, 0) is 14.3 Å². The maximum absolute atomic E-state index is 13.9. The summed E-state index contributed by atoms with van der Waals surface area (Å²) in [6.07, 6.45) is 3.03. The van der Waals surface area contributed by atoms with Gasteiger partial charge in [0.05, 0.1) is 40.0 Å². The second kappa shape index (κ2) is 12.4. The van der Waals surface area contributed by atoms with E-state index in [0.29, 0.717) is 54.1 Å². The van der Waals surface area contributed by atoms with Gasteiger partial charge in [-0.1, -0.05) is 42.9 Å². The monoisotopic (exact) mass is 614 g/mol. The lowest BCUT2D eigenvalue weighted by molar-refractivity contribution is -0.140. The van der Waals surface area contributed by atoms with Crippen molar-refractivity contribution in [2.75, 3.05) is 20.3 Å². The predicted octanol–water partition coefficient (Wildman–Crippen LogP) is 3.81. The SMILES string of the molecule is CCCC1=C(C(=O)OCC)[C@@H](c2cccc(OC)c2)n2c(s/c(=C/c3ccc(OCC(=O)O)c(Br)c3)c2=O)=N1. The maximum atomic E-state index is 13.9. The van der Waals surface area contributed by atoms with Crippen molar-refractivity contribution in [1.29, 1.82) is 0 Å². The molecule has 1 aliphatic heterocycles. The number of thiazole rings is 1. The lowest BCUT2D eigenvalue weighted by Crippen LogP contribution is -2.40. The van der Waals surface area contributed by atoms with Crippen LogP contribution in [0.2, 0.25) is 0 Å². The van der Waals surface area contributed by atoms with Crippen molar-refractivity contribution in [1.82, 2.24) is 4.57 Å². The van der Waals surface area contributed by atoms with Gasteiger partial charge in [0.2, 0.25) is 0 Å². The Kier molecular flexibility index (Phi) is 9.03. The highest BCUT2D eigenvalue weighted by atomic mass is 79.9. The second-order valence-corrected chi connectivity index (χ2v) is 10.4. The minimum atomic E-state index is -1.08. The van der Waals surface area contributed by atoms with E-state index < -0.39 is 24.6 Å². The highest BCUT2D eigenvalue weighted by Gasteiger charge is 2.34. The summed E-state index contributed by atoms with van der Waals surface area (Å²) in [5, 5.41) is 8.86. The van der Waals surface area contributed by atoms with E-state index in [4.69, 9.17) is 24.3 Å². The molecule has 0 saturated carbocycles. The molecule has 4 rings (SSSR count). The summed E-state index contributed by atoms with van der Waals surface area (Å²) in [4.78, 5) is 43.2. The number of aliphatic carboxylic acids is 1. The Hall–Kier alpha value is -3.70.